The largest absolute Gasteiger partial charge is 0.449 e. The molecule has 3 N–H and O–H groups in total. The third-order valence-electron chi connectivity index (χ3n) is 5.50. The summed E-state index contributed by atoms with van der Waals surface area (Å²) >= 11 is 1.45. The number of nitrogens with two attached hydrogens (primary N) is 1. The molecule has 0 spiro atoms. The predicted molar refractivity (Wildman–Crippen MR) is 129 cm³/mol. The second kappa shape index (κ2) is 8.74. The Kier molecular flexibility index (Phi) is 5.49. The minimum absolute atomic E-state index is 0.0589. The van der Waals surface area contributed by atoms with Gasteiger partial charge in [0, 0.05) is 24.4 Å². The molecule has 4 aromatic rings. The number of hydrogen-bond acceptors (Lipinski definition) is 5. The second-order valence-corrected chi connectivity index (χ2v) is 8.60. The van der Waals surface area contributed by atoms with E-state index in [2.05, 4.69) is 46.4 Å². The van der Waals surface area contributed by atoms with Gasteiger partial charge in [-0.3, -0.25) is 0 Å². The number of carbonyl (C=O) groups is 1. The maximum Gasteiger partial charge on any atom is 0.407 e. The van der Waals surface area contributed by atoms with Crippen molar-refractivity contribution >= 4 is 32.8 Å². The first-order valence-corrected chi connectivity index (χ1v) is 11.2. The van der Waals surface area contributed by atoms with Gasteiger partial charge < -0.3 is 15.8 Å². The van der Waals surface area contributed by atoms with Gasteiger partial charge in [-0.05, 0) is 40.5 Å². The zero-order valence-corrected chi connectivity index (χ0v) is 18.1. The van der Waals surface area contributed by atoms with Gasteiger partial charge in [-0.1, -0.05) is 71.7 Å². The van der Waals surface area contributed by atoms with Crippen molar-refractivity contribution < 1.29 is 9.53 Å². The van der Waals surface area contributed by atoms with Crippen molar-refractivity contribution in [3.8, 4) is 23.0 Å². The summed E-state index contributed by atoms with van der Waals surface area (Å²) < 4.78 is 6.56. The van der Waals surface area contributed by atoms with Crippen molar-refractivity contribution in [1.82, 2.24) is 10.3 Å². The minimum atomic E-state index is -0.421. The average Bonchev–Trinajstić information content (AvgIpc) is 3.34. The molecule has 0 unspecified atom stereocenters. The topological polar surface area (TPSA) is 77.2 Å². The molecule has 0 aliphatic heterocycles. The van der Waals surface area contributed by atoms with Gasteiger partial charge in [0.2, 0.25) is 0 Å². The summed E-state index contributed by atoms with van der Waals surface area (Å²) in [6, 6.07) is 22.4. The molecule has 0 bridgehead atoms. The molecule has 6 heteroatoms. The number of nitrogens with zero attached hydrogens (tertiary/aromatic N) is 1. The van der Waals surface area contributed by atoms with E-state index in [0.717, 1.165) is 15.8 Å². The van der Waals surface area contributed by atoms with Crippen LogP contribution in [0.1, 0.15) is 29.0 Å². The van der Waals surface area contributed by atoms with E-state index in [9.17, 15) is 4.79 Å². The number of aromatic nitrogens is 1. The second-order valence-electron chi connectivity index (χ2n) is 7.54. The lowest BCUT2D eigenvalue weighted by Gasteiger charge is -2.14. The molecule has 1 heterocycles. The van der Waals surface area contributed by atoms with Crippen LogP contribution < -0.4 is 11.1 Å². The van der Waals surface area contributed by atoms with Crippen molar-refractivity contribution in [2.24, 2.45) is 0 Å². The molecule has 1 amide bonds. The number of nitrogens with one attached hydrogen (secondary N) is 1. The summed E-state index contributed by atoms with van der Waals surface area (Å²) in [5.74, 6) is 6.26. The van der Waals surface area contributed by atoms with Gasteiger partial charge in [0.25, 0.3) is 0 Å². The van der Waals surface area contributed by atoms with Crippen LogP contribution in [0.3, 0.4) is 0 Å². The number of alkyl carbamates (subject to hydrolysis) is 1. The first kappa shape index (κ1) is 20.1. The lowest BCUT2D eigenvalue weighted by molar-refractivity contribution is 0.143. The normalized spacial score (nSPS) is 12.0. The Morgan fingerprint density at radius 1 is 1.06 bits per heavy atom. The van der Waals surface area contributed by atoms with Crippen molar-refractivity contribution in [2.75, 3.05) is 18.9 Å². The molecule has 5 nitrogen and oxygen atoms in total. The lowest BCUT2D eigenvalue weighted by Crippen LogP contribution is -2.26. The molecular weight excluding hydrogens is 418 g/mol. The number of thiazole rings is 1. The maximum absolute atomic E-state index is 12.2. The van der Waals surface area contributed by atoms with Gasteiger partial charge in [-0.25, -0.2) is 9.78 Å². The smallest absolute Gasteiger partial charge is 0.407 e. The number of amides is 1. The van der Waals surface area contributed by atoms with Crippen molar-refractivity contribution in [3.05, 3.63) is 83.4 Å². The highest BCUT2D eigenvalue weighted by Gasteiger charge is 2.28. The molecular formula is C26H21N3O2S. The Hall–Kier alpha value is -3.82. The van der Waals surface area contributed by atoms with Gasteiger partial charge in [-0.2, -0.15) is 0 Å². The Morgan fingerprint density at radius 3 is 2.53 bits per heavy atom. The van der Waals surface area contributed by atoms with Gasteiger partial charge in [0.1, 0.15) is 6.61 Å². The Morgan fingerprint density at radius 2 is 1.78 bits per heavy atom. The SMILES string of the molecule is Nc1nc2ccc(C#CCCNC(=O)OCC3c4ccccc4-c4ccccc43)cc2s1. The molecule has 1 aliphatic carbocycles. The molecule has 0 atom stereocenters. The Balaban J connectivity index is 1.13. The molecule has 0 fully saturated rings. The number of fused-ring (bicyclic) bond motifs is 4. The van der Waals surface area contributed by atoms with E-state index in [0.29, 0.717) is 24.7 Å². The van der Waals surface area contributed by atoms with Gasteiger partial charge in [-0.15, -0.1) is 0 Å². The van der Waals surface area contributed by atoms with E-state index < -0.39 is 6.09 Å². The zero-order chi connectivity index (χ0) is 21.9. The lowest BCUT2D eigenvalue weighted by atomic mass is 9.98. The number of carbonyl (C=O) groups excluding carboxylic acids is 1. The van der Waals surface area contributed by atoms with Crippen molar-refractivity contribution in [1.29, 1.82) is 0 Å². The van der Waals surface area contributed by atoms with E-state index in [-0.39, 0.29) is 5.92 Å². The number of ether oxygens (including phenoxy) is 1. The molecule has 32 heavy (non-hydrogen) atoms. The minimum Gasteiger partial charge on any atom is -0.449 e. The molecule has 0 saturated carbocycles. The zero-order valence-electron chi connectivity index (χ0n) is 17.3. The molecule has 5 rings (SSSR count). The van der Waals surface area contributed by atoms with Crippen LogP contribution in [0.5, 0.6) is 0 Å². The fourth-order valence-corrected chi connectivity index (χ4v) is 4.83. The highest BCUT2D eigenvalue weighted by atomic mass is 32.1. The highest BCUT2D eigenvalue weighted by Crippen LogP contribution is 2.44. The van der Waals surface area contributed by atoms with Crippen LogP contribution >= 0.6 is 11.3 Å². The standard InChI is InChI=1S/C26H21N3O2S/c27-25-29-23-13-12-17(15-24(23)32-25)7-5-6-14-28-26(30)31-16-22-20-10-3-1-8-18(20)19-9-2-4-11-21(19)22/h1-4,8-13,15,22H,6,14,16H2,(H2,27,29)(H,28,30). The summed E-state index contributed by atoms with van der Waals surface area (Å²) in [7, 11) is 0. The van der Waals surface area contributed by atoms with Crippen molar-refractivity contribution in [2.45, 2.75) is 12.3 Å². The van der Waals surface area contributed by atoms with Crippen molar-refractivity contribution in [3.63, 3.8) is 0 Å². The van der Waals surface area contributed by atoms with Crippen LogP contribution in [0.4, 0.5) is 9.93 Å². The summed E-state index contributed by atoms with van der Waals surface area (Å²) in [4.78, 5) is 16.4. The van der Waals surface area contributed by atoms with E-state index in [1.54, 1.807) is 0 Å². The van der Waals surface area contributed by atoms with Crippen LogP contribution in [-0.2, 0) is 4.74 Å². The van der Waals surface area contributed by atoms with Crippen LogP contribution in [0.25, 0.3) is 21.3 Å². The molecule has 1 aliphatic rings. The van der Waals surface area contributed by atoms with Gasteiger partial charge in [0.05, 0.1) is 10.2 Å². The highest BCUT2D eigenvalue weighted by molar-refractivity contribution is 7.22. The number of rotatable bonds is 4. The first-order valence-electron chi connectivity index (χ1n) is 10.4. The fraction of sp³-hybridized carbons (Fsp3) is 0.154. The van der Waals surface area contributed by atoms with Crippen LogP contribution in [-0.4, -0.2) is 24.2 Å². The third-order valence-corrected chi connectivity index (χ3v) is 6.35. The maximum atomic E-state index is 12.2. The average molecular weight is 440 g/mol. The van der Waals surface area contributed by atoms with Crippen LogP contribution in [0, 0.1) is 11.8 Å². The van der Waals surface area contributed by atoms with E-state index in [1.165, 1.54) is 33.6 Å². The number of nitrogen functional groups attached to an aromatic ring is 1. The van der Waals surface area contributed by atoms with Gasteiger partial charge in [0.15, 0.2) is 5.13 Å². The summed E-state index contributed by atoms with van der Waals surface area (Å²) in [6.07, 6.45) is 0.114. The first-order chi connectivity index (χ1) is 15.7. The molecule has 158 valence electrons. The van der Waals surface area contributed by atoms with Gasteiger partial charge >= 0.3 is 6.09 Å². The monoisotopic (exact) mass is 439 g/mol. The quantitative estimate of drug-likeness (QED) is 0.340. The van der Waals surface area contributed by atoms with E-state index in [4.69, 9.17) is 10.5 Å². The summed E-state index contributed by atoms with van der Waals surface area (Å²) in [5.41, 5.74) is 12.4. The third kappa shape index (κ3) is 4.03. The summed E-state index contributed by atoms with van der Waals surface area (Å²) in [5, 5.41) is 3.34. The Bertz CT molecular complexity index is 1320. The van der Waals surface area contributed by atoms with E-state index >= 15 is 0 Å². The molecule has 3 aromatic carbocycles. The van der Waals surface area contributed by atoms with E-state index in [1.807, 2.05) is 42.5 Å². The number of benzene rings is 3. The molecule has 0 saturated heterocycles. The summed E-state index contributed by atoms with van der Waals surface area (Å²) in [6.45, 7) is 0.739. The Labute approximate surface area is 190 Å². The molecule has 0 radical (unpaired) electrons. The van der Waals surface area contributed by atoms with Crippen LogP contribution in [0.2, 0.25) is 0 Å². The fourth-order valence-electron chi connectivity index (χ4n) is 4.06. The number of hydrogen-bond donors (Lipinski definition) is 2. The predicted octanol–water partition coefficient (Wildman–Crippen LogP) is 5.16. The van der Waals surface area contributed by atoms with Crippen LogP contribution in [0.15, 0.2) is 66.7 Å². The molecule has 1 aromatic heterocycles. The number of anilines is 1.